The van der Waals surface area contributed by atoms with Gasteiger partial charge in [0.05, 0.1) is 18.4 Å². The summed E-state index contributed by atoms with van der Waals surface area (Å²) in [5.41, 5.74) is 0.753. The van der Waals surface area contributed by atoms with Crippen molar-refractivity contribution in [2.24, 2.45) is 17.8 Å². The number of hydrogen-bond acceptors (Lipinski definition) is 3. The third-order valence-corrected chi connectivity index (χ3v) is 4.49. The number of fused-ring (bicyclic) bond motifs is 1. The van der Waals surface area contributed by atoms with Crippen molar-refractivity contribution >= 4 is 29.2 Å². The summed E-state index contributed by atoms with van der Waals surface area (Å²) >= 11 is 5.93. The van der Waals surface area contributed by atoms with E-state index in [0.717, 1.165) is 24.7 Å². The highest BCUT2D eigenvalue weighted by atomic mass is 35.5. The first kappa shape index (κ1) is 13.4. The van der Waals surface area contributed by atoms with Crippen LogP contribution in [0.2, 0.25) is 5.02 Å². The molecule has 2 unspecified atom stereocenters. The van der Waals surface area contributed by atoms with Crippen molar-refractivity contribution < 1.29 is 14.3 Å². The standard InChI is InChI=1S/C15H16ClNO3/c1-20-15(19)12-3-2-11(16)7-13(12)17-14(18)10-5-8-4-9(8)6-10/h2-3,7-10H,4-6H2,1H3,(H,17,18). The van der Waals surface area contributed by atoms with Crippen LogP contribution >= 0.6 is 11.6 Å². The predicted octanol–water partition coefficient (Wildman–Crippen LogP) is 3.11. The lowest BCUT2D eigenvalue weighted by Crippen LogP contribution is -2.23. The van der Waals surface area contributed by atoms with Crippen molar-refractivity contribution in [3.8, 4) is 0 Å². The first-order valence-electron chi connectivity index (χ1n) is 6.77. The molecule has 2 fully saturated rings. The lowest BCUT2D eigenvalue weighted by molar-refractivity contribution is -0.120. The number of ether oxygens (including phenoxy) is 1. The predicted molar refractivity (Wildman–Crippen MR) is 75.7 cm³/mol. The number of amides is 1. The van der Waals surface area contributed by atoms with Gasteiger partial charge in [-0.25, -0.2) is 4.79 Å². The van der Waals surface area contributed by atoms with Gasteiger partial charge in [-0.15, -0.1) is 0 Å². The molecule has 1 N–H and O–H groups in total. The minimum absolute atomic E-state index is 0.0235. The van der Waals surface area contributed by atoms with Crippen LogP contribution in [0.15, 0.2) is 18.2 Å². The Labute approximate surface area is 122 Å². The Hall–Kier alpha value is -1.55. The van der Waals surface area contributed by atoms with Gasteiger partial charge in [0.1, 0.15) is 0 Å². The molecule has 0 spiro atoms. The third kappa shape index (κ3) is 2.52. The Morgan fingerprint density at radius 1 is 1.25 bits per heavy atom. The summed E-state index contributed by atoms with van der Waals surface area (Å²) in [4.78, 5) is 23.9. The lowest BCUT2D eigenvalue weighted by Gasteiger charge is -2.14. The molecule has 1 amide bonds. The summed E-state index contributed by atoms with van der Waals surface area (Å²) in [6, 6.07) is 4.76. The average Bonchev–Trinajstić information content (AvgIpc) is 3.04. The molecule has 0 aromatic heterocycles. The lowest BCUT2D eigenvalue weighted by atomic mass is 10.0. The maximum absolute atomic E-state index is 12.2. The van der Waals surface area contributed by atoms with Crippen molar-refractivity contribution in [2.75, 3.05) is 12.4 Å². The topological polar surface area (TPSA) is 55.4 Å². The summed E-state index contributed by atoms with van der Waals surface area (Å²) in [6.07, 6.45) is 3.20. The van der Waals surface area contributed by atoms with Crippen LogP contribution in [-0.2, 0) is 9.53 Å². The monoisotopic (exact) mass is 293 g/mol. The Kier molecular flexibility index (Phi) is 3.42. The molecule has 0 radical (unpaired) electrons. The van der Waals surface area contributed by atoms with Gasteiger partial charge in [-0.1, -0.05) is 11.6 Å². The summed E-state index contributed by atoms with van der Waals surface area (Å²) in [5, 5.41) is 3.30. The highest BCUT2D eigenvalue weighted by Gasteiger charge is 2.48. The van der Waals surface area contributed by atoms with Crippen molar-refractivity contribution in [3.63, 3.8) is 0 Å². The minimum atomic E-state index is -0.480. The van der Waals surface area contributed by atoms with Gasteiger partial charge in [0.25, 0.3) is 0 Å². The minimum Gasteiger partial charge on any atom is -0.465 e. The zero-order valence-corrected chi connectivity index (χ0v) is 11.9. The molecule has 2 aliphatic rings. The van der Waals surface area contributed by atoms with Gasteiger partial charge in [0.2, 0.25) is 5.91 Å². The summed E-state index contributed by atoms with van der Waals surface area (Å²) in [5.74, 6) is 1.04. The number of methoxy groups -OCH3 is 1. The van der Waals surface area contributed by atoms with Gasteiger partial charge < -0.3 is 10.1 Å². The molecule has 0 saturated heterocycles. The van der Waals surface area contributed by atoms with Gasteiger partial charge in [0.15, 0.2) is 0 Å². The first-order valence-corrected chi connectivity index (χ1v) is 7.15. The van der Waals surface area contributed by atoms with Crippen LogP contribution in [0.25, 0.3) is 0 Å². The van der Waals surface area contributed by atoms with Crippen molar-refractivity contribution in [1.29, 1.82) is 0 Å². The van der Waals surface area contributed by atoms with Crippen LogP contribution in [0, 0.1) is 17.8 Å². The molecule has 3 rings (SSSR count). The highest BCUT2D eigenvalue weighted by Crippen LogP contribution is 2.54. The van der Waals surface area contributed by atoms with Crippen LogP contribution in [0.3, 0.4) is 0 Å². The van der Waals surface area contributed by atoms with E-state index in [1.165, 1.54) is 13.5 Å². The van der Waals surface area contributed by atoms with Crippen LogP contribution in [0.5, 0.6) is 0 Å². The van der Waals surface area contributed by atoms with Gasteiger partial charge in [-0.3, -0.25) is 4.79 Å². The second-order valence-corrected chi connectivity index (χ2v) is 6.03. The molecular formula is C15H16ClNO3. The number of esters is 1. The normalized spacial score (nSPS) is 26.8. The average molecular weight is 294 g/mol. The summed E-state index contributed by atoms with van der Waals surface area (Å²) in [7, 11) is 1.31. The summed E-state index contributed by atoms with van der Waals surface area (Å²) < 4.78 is 4.71. The molecule has 1 aromatic rings. The fraction of sp³-hybridized carbons (Fsp3) is 0.467. The molecule has 2 atom stereocenters. The third-order valence-electron chi connectivity index (χ3n) is 4.26. The quantitative estimate of drug-likeness (QED) is 0.871. The highest BCUT2D eigenvalue weighted by molar-refractivity contribution is 6.31. The van der Waals surface area contributed by atoms with E-state index in [2.05, 4.69) is 5.32 Å². The zero-order valence-electron chi connectivity index (χ0n) is 11.2. The van der Waals surface area contributed by atoms with Crippen LogP contribution in [-0.4, -0.2) is 19.0 Å². The van der Waals surface area contributed by atoms with Gasteiger partial charge in [-0.2, -0.15) is 0 Å². The smallest absolute Gasteiger partial charge is 0.339 e. The van der Waals surface area contributed by atoms with Crippen molar-refractivity contribution in [2.45, 2.75) is 19.3 Å². The number of carbonyl (C=O) groups is 2. The molecule has 1 aromatic carbocycles. The number of nitrogens with one attached hydrogen (secondary N) is 1. The van der Waals surface area contributed by atoms with E-state index < -0.39 is 5.97 Å². The molecule has 5 heteroatoms. The van der Waals surface area contributed by atoms with E-state index in [-0.39, 0.29) is 11.8 Å². The van der Waals surface area contributed by atoms with Crippen molar-refractivity contribution in [3.05, 3.63) is 28.8 Å². The van der Waals surface area contributed by atoms with Gasteiger partial charge >= 0.3 is 5.97 Å². The van der Waals surface area contributed by atoms with E-state index in [9.17, 15) is 9.59 Å². The number of anilines is 1. The molecule has 20 heavy (non-hydrogen) atoms. The van der Waals surface area contributed by atoms with E-state index in [4.69, 9.17) is 16.3 Å². The van der Waals surface area contributed by atoms with Crippen LogP contribution in [0.1, 0.15) is 29.6 Å². The largest absolute Gasteiger partial charge is 0.465 e. The fourth-order valence-electron chi connectivity index (χ4n) is 3.07. The molecule has 0 aliphatic heterocycles. The molecule has 0 bridgehead atoms. The molecule has 106 valence electrons. The Bertz CT molecular complexity index is 562. The molecule has 0 heterocycles. The Morgan fingerprint density at radius 2 is 1.95 bits per heavy atom. The SMILES string of the molecule is COC(=O)c1ccc(Cl)cc1NC(=O)C1CC2CC2C1. The van der Waals surface area contributed by atoms with E-state index in [1.807, 2.05) is 0 Å². The van der Waals surface area contributed by atoms with E-state index >= 15 is 0 Å². The Morgan fingerprint density at radius 3 is 2.60 bits per heavy atom. The van der Waals surface area contributed by atoms with Gasteiger partial charge in [-0.05, 0) is 49.3 Å². The maximum Gasteiger partial charge on any atom is 0.339 e. The number of hydrogen-bond donors (Lipinski definition) is 1. The Balaban J connectivity index is 1.76. The second-order valence-electron chi connectivity index (χ2n) is 5.59. The summed E-state index contributed by atoms with van der Waals surface area (Å²) in [6.45, 7) is 0. The molecule has 2 aliphatic carbocycles. The van der Waals surface area contributed by atoms with Crippen LogP contribution < -0.4 is 5.32 Å². The number of halogens is 1. The molecular weight excluding hydrogens is 278 g/mol. The van der Waals surface area contributed by atoms with E-state index in [1.54, 1.807) is 18.2 Å². The van der Waals surface area contributed by atoms with Gasteiger partial charge in [0, 0.05) is 10.9 Å². The first-order chi connectivity index (χ1) is 9.58. The number of benzene rings is 1. The van der Waals surface area contributed by atoms with Crippen molar-refractivity contribution in [1.82, 2.24) is 0 Å². The fourth-order valence-corrected chi connectivity index (χ4v) is 3.24. The maximum atomic E-state index is 12.2. The second kappa shape index (κ2) is 5.09. The van der Waals surface area contributed by atoms with E-state index in [0.29, 0.717) is 16.3 Å². The number of rotatable bonds is 3. The number of carbonyl (C=O) groups excluding carboxylic acids is 2. The molecule has 2 saturated carbocycles. The molecule has 4 nitrogen and oxygen atoms in total. The zero-order chi connectivity index (χ0) is 14.3. The van der Waals surface area contributed by atoms with Crippen LogP contribution in [0.4, 0.5) is 5.69 Å².